The molecule has 1 aliphatic rings. The van der Waals surface area contributed by atoms with Gasteiger partial charge in [-0.2, -0.15) is 5.10 Å². The second kappa shape index (κ2) is 7.99. The van der Waals surface area contributed by atoms with Gasteiger partial charge in [-0.1, -0.05) is 0 Å². The Balaban J connectivity index is 1.71. The van der Waals surface area contributed by atoms with Gasteiger partial charge >= 0.3 is 0 Å². The zero-order chi connectivity index (χ0) is 21.4. The van der Waals surface area contributed by atoms with Gasteiger partial charge in [-0.3, -0.25) is 9.48 Å². The minimum atomic E-state index is -1.42. The number of hydrogen-bond donors (Lipinski definition) is 4. The van der Waals surface area contributed by atoms with Crippen LogP contribution < -0.4 is 11.1 Å². The number of nitrogen functional groups attached to an aromatic ring is 1. The highest BCUT2D eigenvalue weighted by molar-refractivity contribution is 5.99. The SMILES string of the molecule is COCCNC(=O)[C@H]1O[C@@H](n2cc(-c3ccn(C)n3)c3c(N)ncnc32)[C@H](O)[C@@H]1O. The van der Waals surface area contributed by atoms with Crippen molar-refractivity contribution in [2.45, 2.75) is 24.5 Å². The molecule has 160 valence electrons. The first-order valence-electron chi connectivity index (χ1n) is 9.31. The molecule has 3 aromatic rings. The molecule has 0 spiro atoms. The highest BCUT2D eigenvalue weighted by Crippen LogP contribution is 2.37. The van der Waals surface area contributed by atoms with Gasteiger partial charge in [0, 0.05) is 38.7 Å². The molecular formula is C18H23N7O5. The van der Waals surface area contributed by atoms with Crippen LogP contribution in [0.5, 0.6) is 0 Å². The van der Waals surface area contributed by atoms with E-state index in [1.54, 1.807) is 30.2 Å². The number of aromatic nitrogens is 5. The zero-order valence-corrected chi connectivity index (χ0v) is 16.5. The van der Waals surface area contributed by atoms with Gasteiger partial charge in [-0.05, 0) is 6.07 Å². The third-order valence-electron chi connectivity index (χ3n) is 5.00. The standard InChI is InChI=1S/C18H23N7O5/c1-24-5-3-10(23-24)9-7-25(16-11(9)15(19)21-8-22-16)18-13(27)12(26)14(30-18)17(28)20-4-6-29-2/h3,5,7-8,12-14,18,26-27H,4,6H2,1-2H3,(H,20,28)(H2,19,21,22)/t12-,13+,14-,18+/m0/s1. The van der Waals surface area contributed by atoms with Gasteiger partial charge in [0.1, 0.15) is 30.0 Å². The minimum Gasteiger partial charge on any atom is -0.387 e. The van der Waals surface area contributed by atoms with Crippen molar-refractivity contribution in [3.63, 3.8) is 0 Å². The zero-order valence-electron chi connectivity index (χ0n) is 16.5. The summed E-state index contributed by atoms with van der Waals surface area (Å²) in [5.41, 5.74) is 7.75. The fraction of sp³-hybridized carbons (Fsp3) is 0.444. The second-order valence-corrected chi connectivity index (χ2v) is 6.99. The Bertz CT molecular complexity index is 1060. The molecule has 12 nitrogen and oxygen atoms in total. The summed E-state index contributed by atoms with van der Waals surface area (Å²) >= 11 is 0. The minimum absolute atomic E-state index is 0.237. The number of carbonyl (C=O) groups excluding carboxylic acids is 1. The number of ether oxygens (including phenoxy) is 2. The van der Waals surface area contributed by atoms with Crippen molar-refractivity contribution in [3.8, 4) is 11.3 Å². The van der Waals surface area contributed by atoms with Crippen LogP contribution in [0.1, 0.15) is 6.23 Å². The van der Waals surface area contributed by atoms with Gasteiger partial charge in [0.2, 0.25) is 0 Å². The van der Waals surface area contributed by atoms with Crippen LogP contribution in [0.3, 0.4) is 0 Å². The summed E-state index contributed by atoms with van der Waals surface area (Å²) in [4.78, 5) is 20.7. The maximum Gasteiger partial charge on any atom is 0.252 e. The second-order valence-electron chi connectivity index (χ2n) is 6.99. The monoisotopic (exact) mass is 417 g/mol. The van der Waals surface area contributed by atoms with Crippen LogP contribution in [0, 0.1) is 0 Å². The Kier molecular flexibility index (Phi) is 5.39. The van der Waals surface area contributed by atoms with E-state index < -0.39 is 30.4 Å². The van der Waals surface area contributed by atoms with Crippen molar-refractivity contribution >= 4 is 22.8 Å². The molecule has 1 fully saturated rings. The van der Waals surface area contributed by atoms with Crippen LogP contribution in [-0.4, -0.2) is 79.0 Å². The quantitative estimate of drug-likeness (QED) is 0.361. The lowest BCUT2D eigenvalue weighted by Gasteiger charge is -2.17. The Morgan fingerprint density at radius 1 is 1.37 bits per heavy atom. The molecule has 0 unspecified atom stereocenters. The molecule has 0 aromatic carbocycles. The van der Waals surface area contributed by atoms with Gasteiger partial charge in [0.25, 0.3) is 5.91 Å². The third kappa shape index (κ3) is 3.39. The smallest absolute Gasteiger partial charge is 0.252 e. The Morgan fingerprint density at radius 2 is 2.17 bits per heavy atom. The summed E-state index contributed by atoms with van der Waals surface area (Å²) < 4.78 is 13.8. The molecular weight excluding hydrogens is 394 g/mol. The molecule has 0 aliphatic carbocycles. The molecule has 30 heavy (non-hydrogen) atoms. The number of aliphatic hydroxyl groups excluding tert-OH is 2. The van der Waals surface area contributed by atoms with E-state index in [2.05, 4.69) is 20.4 Å². The molecule has 1 aliphatic heterocycles. The summed E-state index contributed by atoms with van der Waals surface area (Å²) in [7, 11) is 3.30. The van der Waals surface area contributed by atoms with Crippen LogP contribution in [-0.2, 0) is 21.3 Å². The van der Waals surface area contributed by atoms with Crippen molar-refractivity contribution < 1.29 is 24.5 Å². The van der Waals surface area contributed by atoms with Gasteiger partial charge < -0.3 is 35.3 Å². The largest absolute Gasteiger partial charge is 0.387 e. The van der Waals surface area contributed by atoms with E-state index in [4.69, 9.17) is 15.2 Å². The van der Waals surface area contributed by atoms with E-state index in [1.807, 2.05) is 0 Å². The molecule has 12 heteroatoms. The van der Waals surface area contributed by atoms with Gasteiger partial charge in [-0.15, -0.1) is 0 Å². The van der Waals surface area contributed by atoms with E-state index in [0.29, 0.717) is 28.9 Å². The number of amides is 1. The van der Waals surface area contributed by atoms with Crippen molar-refractivity contribution in [2.75, 3.05) is 26.0 Å². The molecule has 4 rings (SSSR count). The number of methoxy groups -OCH3 is 1. The number of rotatable bonds is 6. The number of anilines is 1. The molecule has 3 aromatic heterocycles. The maximum absolute atomic E-state index is 12.4. The van der Waals surface area contributed by atoms with Gasteiger partial charge in [0.15, 0.2) is 12.3 Å². The number of hydrogen-bond acceptors (Lipinski definition) is 9. The van der Waals surface area contributed by atoms with E-state index in [0.717, 1.165) is 0 Å². The number of nitrogens with two attached hydrogens (primary N) is 1. The van der Waals surface area contributed by atoms with Crippen molar-refractivity contribution in [1.82, 2.24) is 29.6 Å². The topological polar surface area (TPSA) is 163 Å². The first-order valence-corrected chi connectivity index (χ1v) is 9.31. The Hall–Kier alpha value is -3.06. The number of aryl methyl sites for hydroxylation is 1. The average Bonchev–Trinajstić information content (AvgIpc) is 3.39. The Labute approximate surface area is 171 Å². The fourth-order valence-corrected chi connectivity index (χ4v) is 3.54. The number of fused-ring (bicyclic) bond motifs is 1. The highest BCUT2D eigenvalue weighted by atomic mass is 16.6. The predicted molar refractivity (Wildman–Crippen MR) is 105 cm³/mol. The van der Waals surface area contributed by atoms with Gasteiger partial charge in [-0.25, -0.2) is 9.97 Å². The summed E-state index contributed by atoms with van der Waals surface area (Å²) in [5, 5.41) is 28.6. The lowest BCUT2D eigenvalue weighted by molar-refractivity contribution is -0.137. The van der Waals surface area contributed by atoms with Crippen LogP contribution in [0.2, 0.25) is 0 Å². The lowest BCUT2D eigenvalue weighted by atomic mass is 10.1. The Morgan fingerprint density at radius 3 is 2.87 bits per heavy atom. The number of nitrogens with zero attached hydrogens (tertiary/aromatic N) is 5. The van der Waals surface area contributed by atoms with Crippen molar-refractivity contribution in [1.29, 1.82) is 0 Å². The first kappa shape index (κ1) is 20.2. The summed E-state index contributed by atoms with van der Waals surface area (Å²) in [5.74, 6) is -0.307. The van der Waals surface area contributed by atoms with Gasteiger partial charge in [0.05, 0.1) is 17.7 Å². The van der Waals surface area contributed by atoms with Crippen LogP contribution in [0.4, 0.5) is 5.82 Å². The van der Waals surface area contributed by atoms with E-state index in [9.17, 15) is 15.0 Å². The maximum atomic E-state index is 12.4. The lowest BCUT2D eigenvalue weighted by Crippen LogP contribution is -2.43. The third-order valence-corrected chi connectivity index (χ3v) is 5.00. The van der Waals surface area contributed by atoms with Crippen LogP contribution >= 0.6 is 0 Å². The molecule has 4 atom stereocenters. The summed E-state index contributed by atoms with van der Waals surface area (Å²) in [6.45, 7) is 0.565. The van der Waals surface area contributed by atoms with Crippen LogP contribution in [0.15, 0.2) is 24.8 Å². The molecule has 4 heterocycles. The predicted octanol–water partition coefficient (Wildman–Crippen LogP) is -1.20. The molecule has 0 bridgehead atoms. The van der Waals surface area contributed by atoms with E-state index in [1.165, 1.54) is 18.0 Å². The van der Waals surface area contributed by atoms with Crippen molar-refractivity contribution in [3.05, 3.63) is 24.8 Å². The first-order chi connectivity index (χ1) is 14.4. The molecule has 0 radical (unpaired) electrons. The number of carbonyl (C=O) groups is 1. The average molecular weight is 417 g/mol. The van der Waals surface area contributed by atoms with Crippen LogP contribution in [0.25, 0.3) is 22.3 Å². The molecule has 0 saturated carbocycles. The van der Waals surface area contributed by atoms with E-state index in [-0.39, 0.29) is 12.4 Å². The van der Waals surface area contributed by atoms with E-state index >= 15 is 0 Å². The fourth-order valence-electron chi connectivity index (χ4n) is 3.54. The summed E-state index contributed by atoms with van der Waals surface area (Å²) in [6, 6.07) is 1.80. The highest BCUT2D eigenvalue weighted by Gasteiger charge is 2.47. The molecule has 1 saturated heterocycles. The molecule has 1 amide bonds. The normalized spacial score (nSPS) is 23.9. The van der Waals surface area contributed by atoms with Crippen molar-refractivity contribution in [2.24, 2.45) is 7.05 Å². The summed E-state index contributed by atoms with van der Waals surface area (Å²) in [6.07, 6.45) is -0.362. The molecule has 5 N–H and O–H groups in total. The number of aliphatic hydroxyl groups is 2. The number of nitrogens with one attached hydrogen (secondary N) is 1.